The van der Waals surface area contributed by atoms with Gasteiger partial charge < -0.3 is 18.7 Å². The van der Waals surface area contributed by atoms with Crippen LogP contribution < -0.4 is 9.64 Å². The summed E-state index contributed by atoms with van der Waals surface area (Å²) in [6.45, 7) is 0. The van der Waals surface area contributed by atoms with Crippen molar-refractivity contribution < 1.29 is 28.3 Å². The van der Waals surface area contributed by atoms with Gasteiger partial charge in [-0.15, -0.1) is 0 Å². The van der Waals surface area contributed by atoms with Crippen molar-refractivity contribution in [3.05, 3.63) is 95.8 Å². The van der Waals surface area contributed by atoms with Crippen molar-refractivity contribution in [1.29, 1.82) is 0 Å². The number of rotatable bonds is 5. The highest BCUT2D eigenvalue weighted by Crippen LogP contribution is 2.45. The minimum absolute atomic E-state index is 0.0222. The zero-order valence-electron chi connectivity index (χ0n) is 16.4. The Morgan fingerprint density at radius 3 is 2.58 bits per heavy atom. The lowest BCUT2D eigenvalue weighted by Crippen LogP contribution is -2.31. The number of methoxy groups -OCH3 is 1. The first-order valence-corrected chi connectivity index (χ1v) is 9.56. The van der Waals surface area contributed by atoms with Crippen molar-refractivity contribution in [3.63, 3.8) is 0 Å². The number of nitrogens with zero attached hydrogens (tertiary/aromatic N) is 1. The van der Waals surface area contributed by atoms with Gasteiger partial charge in [-0.25, -0.2) is 0 Å². The highest BCUT2D eigenvalue weighted by Gasteiger charge is 2.47. The lowest BCUT2D eigenvalue weighted by atomic mass is 9.99. The van der Waals surface area contributed by atoms with E-state index in [1.54, 1.807) is 54.6 Å². The number of para-hydroxylation sites is 3. The van der Waals surface area contributed by atoms with Gasteiger partial charge in [0.2, 0.25) is 5.78 Å². The van der Waals surface area contributed by atoms with Gasteiger partial charge in [-0.3, -0.25) is 14.5 Å². The molecular weight excluding hydrogens is 398 g/mol. The van der Waals surface area contributed by atoms with Crippen molar-refractivity contribution in [2.24, 2.45) is 0 Å². The number of aliphatic hydroxyl groups is 1. The number of carbonyl (C=O) groups excluding carboxylic acids is 2. The molecule has 7 nitrogen and oxygen atoms in total. The fraction of sp³-hybridized carbons (Fsp3) is 0.0833. The van der Waals surface area contributed by atoms with Gasteiger partial charge >= 0.3 is 0 Å². The number of ether oxygens (including phenoxy) is 1. The van der Waals surface area contributed by atoms with Gasteiger partial charge in [0.15, 0.2) is 11.5 Å². The number of hydrogen-bond donors (Lipinski definition) is 1. The maximum absolute atomic E-state index is 13.4. The molecule has 0 bridgehead atoms. The van der Waals surface area contributed by atoms with Crippen molar-refractivity contribution in [3.8, 4) is 5.75 Å². The number of ketones is 1. The predicted molar refractivity (Wildman–Crippen MR) is 112 cm³/mol. The summed E-state index contributed by atoms with van der Waals surface area (Å²) in [5, 5.41) is 11.5. The third-order valence-electron chi connectivity index (χ3n) is 5.26. The van der Waals surface area contributed by atoms with E-state index in [-0.39, 0.29) is 11.3 Å². The Hall–Kier alpha value is -4.26. The Bertz CT molecular complexity index is 1300. The fourth-order valence-corrected chi connectivity index (χ4v) is 3.86. The van der Waals surface area contributed by atoms with Crippen LogP contribution >= 0.6 is 0 Å². The molecule has 1 unspecified atom stereocenters. The van der Waals surface area contributed by atoms with E-state index in [4.69, 9.17) is 13.6 Å². The van der Waals surface area contributed by atoms with E-state index < -0.39 is 23.5 Å². The number of carbonyl (C=O) groups is 2. The lowest BCUT2D eigenvalue weighted by molar-refractivity contribution is -0.117. The summed E-state index contributed by atoms with van der Waals surface area (Å²) in [5.41, 5.74) is 0.812. The van der Waals surface area contributed by atoms with E-state index >= 15 is 0 Å². The van der Waals surface area contributed by atoms with Gasteiger partial charge in [-0.05, 0) is 36.4 Å². The van der Waals surface area contributed by atoms with Crippen LogP contribution in [0.4, 0.5) is 5.69 Å². The number of benzene rings is 2. The molecule has 2 aromatic heterocycles. The van der Waals surface area contributed by atoms with E-state index in [0.29, 0.717) is 22.8 Å². The lowest BCUT2D eigenvalue weighted by Gasteiger charge is -2.26. The molecule has 1 aliphatic heterocycles. The molecule has 1 atom stereocenters. The molecule has 5 rings (SSSR count). The molecular formula is C24H17NO6. The van der Waals surface area contributed by atoms with Crippen LogP contribution in [-0.2, 0) is 4.79 Å². The number of fused-ring (bicyclic) bond motifs is 1. The molecule has 0 radical (unpaired) electrons. The molecule has 0 saturated heterocycles. The quantitative estimate of drug-likeness (QED) is 0.470. The van der Waals surface area contributed by atoms with Crippen molar-refractivity contribution in [2.45, 2.75) is 6.04 Å². The van der Waals surface area contributed by atoms with Gasteiger partial charge in [0.25, 0.3) is 5.91 Å². The first kappa shape index (κ1) is 18.7. The second-order valence-corrected chi connectivity index (χ2v) is 7.00. The van der Waals surface area contributed by atoms with E-state index in [1.165, 1.54) is 18.3 Å². The number of Topliss-reactive ketones (excluding diaryl/α,β-unsaturated/α-hetero) is 1. The monoisotopic (exact) mass is 415 g/mol. The standard InChI is InChI=1S/C24H17NO6/c1-29-17-10-5-3-8-15(17)25-21(18-11-6-12-30-18)20(23(27)24(25)28)22(26)19-13-14-7-2-4-9-16(14)31-19/h2-13,21,27H,1H3. The van der Waals surface area contributed by atoms with Crippen LogP contribution in [0.15, 0.2) is 93.2 Å². The number of aliphatic hydroxyl groups excluding tert-OH is 1. The summed E-state index contributed by atoms with van der Waals surface area (Å²) in [6.07, 6.45) is 1.44. The molecule has 1 aliphatic rings. The highest BCUT2D eigenvalue weighted by atomic mass is 16.5. The number of amides is 1. The van der Waals surface area contributed by atoms with E-state index in [2.05, 4.69) is 0 Å². The number of furan rings is 2. The topological polar surface area (TPSA) is 93.1 Å². The smallest absolute Gasteiger partial charge is 0.294 e. The zero-order chi connectivity index (χ0) is 21.5. The largest absolute Gasteiger partial charge is 0.503 e. The van der Waals surface area contributed by atoms with E-state index in [1.807, 2.05) is 12.1 Å². The average molecular weight is 415 g/mol. The van der Waals surface area contributed by atoms with Crippen LogP contribution in [-0.4, -0.2) is 23.9 Å². The fourth-order valence-electron chi connectivity index (χ4n) is 3.86. The summed E-state index contributed by atoms with van der Waals surface area (Å²) in [7, 11) is 1.48. The van der Waals surface area contributed by atoms with Crippen LogP contribution in [0.1, 0.15) is 22.4 Å². The Balaban J connectivity index is 1.66. The number of anilines is 1. The van der Waals surface area contributed by atoms with Gasteiger partial charge in [0.1, 0.15) is 23.1 Å². The van der Waals surface area contributed by atoms with Crippen LogP contribution in [0.25, 0.3) is 11.0 Å². The van der Waals surface area contributed by atoms with E-state index in [0.717, 1.165) is 5.39 Å². The Kier molecular flexibility index (Phi) is 4.36. The summed E-state index contributed by atoms with van der Waals surface area (Å²) >= 11 is 0. The average Bonchev–Trinajstić information content (AvgIpc) is 3.52. The first-order valence-electron chi connectivity index (χ1n) is 9.56. The molecule has 0 fully saturated rings. The Morgan fingerprint density at radius 1 is 1.06 bits per heavy atom. The molecule has 0 spiro atoms. The van der Waals surface area contributed by atoms with E-state index in [9.17, 15) is 14.7 Å². The third kappa shape index (κ3) is 2.90. The molecule has 3 heterocycles. The van der Waals surface area contributed by atoms with Crippen LogP contribution in [0.5, 0.6) is 5.75 Å². The van der Waals surface area contributed by atoms with Crippen molar-refractivity contribution in [2.75, 3.05) is 12.0 Å². The van der Waals surface area contributed by atoms with Gasteiger partial charge in [0.05, 0.1) is 24.6 Å². The molecule has 7 heteroatoms. The highest BCUT2D eigenvalue weighted by molar-refractivity contribution is 6.20. The van der Waals surface area contributed by atoms with Crippen LogP contribution in [0.3, 0.4) is 0 Å². The van der Waals surface area contributed by atoms with Crippen molar-refractivity contribution >= 4 is 28.3 Å². The molecule has 1 amide bonds. The van der Waals surface area contributed by atoms with Crippen molar-refractivity contribution in [1.82, 2.24) is 0 Å². The molecule has 4 aromatic rings. The molecule has 0 saturated carbocycles. The summed E-state index contributed by atoms with van der Waals surface area (Å²) < 4.78 is 16.6. The van der Waals surface area contributed by atoms with Crippen LogP contribution in [0, 0.1) is 0 Å². The SMILES string of the molecule is COc1ccccc1N1C(=O)C(O)=C(C(=O)c2cc3ccccc3o2)C1c1ccco1. The Labute approximate surface area is 176 Å². The first-order chi connectivity index (χ1) is 15.1. The summed E-state index contributed by atoms with van der Waals surface area (Å²) in [4.78, 5) is 27.9. The second-order valence-electron chi connectivity index (χ2n) is 7.00. The molecule has 2 aromatic carbocycles. The number of hydrogen-bond acceptors (Lipinski definition) is 6. The molecule has 0 aliphatic carbocycles. The normalized spacial score (nSPS) is 16.4. The summed E-state index contributed by atoms with van der Waals surface area (Å²) in [5.74, 6) is -1.22. The molecule has 31 heavy (non-hydrogen) atoms. The second kappa shape index (κ2) is 7.21. The molecule has 1 N–H and O–H groups in total. The van der Waals surface area contributed by atoms with Crippen LogP contribution in [0.2, 0.25) is 0 Å². The van der Waals surface area contributed by atoms with Gasteiger partial charge in [-0.1, -0.05) is 30.3 Å². The maximum atomic E-state index is 13.4. The Morgan fingerprint density at radius 2 is 1.84 bits per heavy atom. The van der Waals surface area contributed by atoms with Gasteiger partial charge in [-0.2, -0.15) is 0 Å². The minimum Gasteiger partial charge on any atom is -0.503 e. The zero-order valence-corrected chi connectivity index (χ0v) is 16.4. The predicted octanol–water partition coefficient (Wildman–Crippen LogP) is 4.82. The third-order valence-corrected chi connectivity index (χ3v) is 5.26. The summed E-state index contributed by atoms with van der Waals surface area (Å²) in [6, 6.07) is 17.9. The molecule has 154 valence electrons. The minimum atomic E-state index is -0.987. The van der Waals surface area contributed by atoms with Gasteiger partial charge in [0, 0.05) is 5.39 Å². The maximum Gasteiger partial charge on any atom is 0.294 e.